The van der Waals surface area contributed by atoms with Crippen molar-refractivity contribution in [2.45, 2.75) is 44.3 Å². The first-order valence-corrected chi connectivity index (χ1v) is 8.93. The maximum Gasteiger partial charge on any atom is 0.170 e. The van der Waals surface area contributed by atoms with Gasteiger partial charge in [-0.25, -0.2) is 0 Å². The molecule has 1 fully saturated rings. The highest BCUT2D eigenvalue weighted by molar-refractivity contribution is 7.99. The monoisotopic (exact) mass is 308 g/mol. The molecule has 4 heteroatoms. The van der Waals surface area contributed by atoms with Crippen molar-refractivity contribution >= 4 is 34.8 Å². The quantitative estimate of drug-likeness (QED) is 0.624. The lowest BCUT2D eigenvalue weighted by Crippen LogP contribution is -2.30. The predicted octanol–water partition coefficient (Wildman–Crippen LogP) is 4.35. The first-order chi connectivity index (χ1) is 9.74. The minimum atomic E-state index is 0.720. The summed E-state index contributed by atoms with van der Waals surface area (Å²) >= 11 is 7.40. The molecular formula is C16H24N2S2. The van der Waals surface area contributed by atoms with Crippen molar-refractivity contribution in [3.05, 3.63) is 29.8 Å². The first-order valence-electron chi connectivity index (χ1n) is 7.47. The minimum absolute atomic E-state index is 0.720. The van der Waals surface area contributed by atoms with Crippen LogP contribution in [0.25, 0.3) is 0 Å². The molecule has 1 aliphatic rings. The van der Waals surface area contributed by atoms with Crippen LogP contribution in [0, 0.1) is 6.92 Å². The van der Waals surface area contributed by atoms with Crippen molar-refractivity contribution in [1.82, 2.24) is 5.32 Å². The van der Waals surface area contributed by atoms with Gasteiger partial charge in [0.15, 0.2) is 5.11 Å². The van der Waals surface area contributed by atoms with Gasteiger partial charge in [-0.3, -0.25) is 0 Å². The van der Waals surface area contributed by atoms with Crippen LogP contribution >= 0.6 is 24.0 Å². The second-order valence-electron chi connectivity index (χ2n) is 5.38. The summed E-state index contributed by atoms with van der Waals surface area (Å²) in [6.45, 7) is 3.03. The number of thioether (sulfide) groups is 1. The van der Waals surface area contributed by atoms with Crippen molar-refractivity contribution in [1.29, 1.82) is 0 Å². The van der Waals surface area contributed by atoms with E-state index in [9.17, 15) is 0 Å². The van der Waals surface area contributed by atoms with E-state index in [0.717, 1.165) is 28.3 Å². The summed E-state index contributed by atoms with van der Waals surface area (Å²) in [6, 6.07) is 8.29. The Balaban J connectivity index is 1.59. The average Bonchev–Trinajstić information content (AvgIpc) is 2.47. The maximum atomic E-state index is 5.31. The molecule has 0 radical (unpaired) electrons. The Morgan fingerprint density at radius 2 is 1.90 bits per heavy atom. The zero-order valence-corrected chi connectivity index (χ0v) is 13.8. The third-order valence-electron chi connectivity index (χ3n) is 3.60. The molecule has 0 saturated heterocycles. The molecule has 110 valence electrons. The molecule has 0 aromatic heterocycles. The van der Waals surface area contributed by atoms with Crippen LogP contribution in [0.5, 0.6) is 0 Å². The fraction of sp³-hybridized carbons (Fsp3) is 0.562. The van der Waals surface area contributed by atoms with Crippen LogP contribution in [-0.2, 0) is 0 Å². The summed E-state index contributed by atoms with van der Waals surface area (Å²) in [4.78, 5) is 0. The highest BCUT2D eigenvalue weighted by atomic mass is 32.2. The molecular weight excluding hydrogens is 284 g/mol. The number of aryl methyl sites for hydroxylation is 1. The Kier molecular flexibility index (Phi) is 6.67. The normalized spacial score (nSPS) is 15.8. The molecule has 20 heavy (non-hydrogen) atoms. The number of benzene rings is 1. The van der Waals surface area contributed by atoms with E-state index in [1.54, 1.807) is 0 Å². The Hall–Kier alpha value is -0.740. The molecule has 0 heterocycles. The number of thiocarbonyl (C=S) groups is 1. The minimum Gasteiger partial charge on any atom is -0.362 e. The van der Waals surface area contributed by atoms with Crippen LogP contribution in [-0.4, -0.2) is 22.7 Å². The topological polar surface area (TPSA) is 24.1 Å². The van der Waals surface area contributed by atoms with Crippen molar-refractivity contribution in [3.8, 4) is 0 Å². The summed E-state index contributed by atoms with van der Waals surface area (Å²) < 4.78 is 0. The van der Waals surface area contributed by atoms with Gasteiger partial charge in [0.2, 0.25) is 0 Å². The summed E-state index contributed by atoms with van der Waals surface area (Å²) in [5, 5.41) is 8.10. The molecule has 0 bridgehead atoms. The Morgan fingerprint density at radius 3 is 2.60 bits per heavy atom. The number of nitrogens with one attached hydrogen (secondary N) is 2. The summed E-state index contributed by atoms with van der Waals surface area (Å²) in [5.41, 5.74) is 2.31. The molecule has 1 saturated carbocycles. The molecule has 0 amide bonds. The molecule has 2 nitrogen and oxygen atoms in total. The molecule has 2 rings (SSSR count). The SMILES string of the molecule is Cc1ccc(NC(=S)NCCSC2CCCCC2)cc1. The molecule has 2 N–H and O–H groups in total. The van der Waals surface area contributed by atoms with Crippen LogP contribution in [0.1, 0.15) is 37.7 Å². The second kappa shape index (κ2) is 8.53. The lowest BCUT2D eigenvalue weighted by atomic mass is 10.0. The molecule has 1 aromatic carbocycles. The summed E-state index contributed by atoms with van der Waals surface area (Å²) in [6.07, 6.45) is 7.06. The smallest absolute Gasteiger partial charge is 0.170 e. The Morgan fingerprint density at radius 1 is 1.20 bits per heavy atom. The van der Waals surface area contributed by atoms with E-state index in [4.69, 9.17) is 12.2 Å². The standard InChI is InChI=1S/C16H24N2S2/c1-13-7-9-14(10-8-13)18-16(19)17-11-12-20-15-5-3-2-4-6-15/h7-10,15H,2-6,11-12H2,1H3,(H2,17,18,19). The van der Waals surface area contributed by atoms with E-state index in [2.05, 4.69) is 53.6 Å². The lowest BCUT2D eigenvalue weighted by Gasteiger charge is -2.21. The van der Waals surface area contributed by atoms with Gasteiger partial charge < -0.3 is 10.6 Å². The van der Waals surface area contributed by atoms with Crippen molar-refractivity contribution in [2.24, 2.45) is 0 Å². The molecule has 1 aliphatic carbocycles. The van der Waals surface area contributed by atoms with Gasteiger partial charge in [0.1, 0.15) is 0 Å². The largest absolute Gasteiger partial charge is 0.362 e. The average molecular weight is 309 g/mol. The van der Waals surface area contributed by atoms with E-state index in [1.807, 2.05) is 0 Å². The lowest BCUT2D eigenvalue weighted by molar-refractivity contribution is 0.516. The van der Waals surface area contributed by atoms with Gasteiger partial charge in [-0.05, 0) is 44.1 Å². The number of anilines is 1. The van der Waals surface area contributed by atoms with Gasteiger partial charge in [-0.15, -0.1) is 0 Å². The van der Waals surface area contributed by atoms with Crippen molar-refractivity contribution < 1.29 is 0 Å². The van der Waals surface area contributed by atoms with Crippen LogP contribution < -0.4 is 10.6 Å². The zero-order chi connectivity index (χ0) is 14.2. The molecule has 0 atom stereocenters. The van der Waals surface area contributed by atoms with E-state index in [-0.39, 0.29) is 0 Å². The van der Waals surface area contributed by atoms with E-state index < -0.39 is 0 Å². The van der Waals surface area contributed by atoms with Crippen LogP contribution in [0.2, 0.25) is 0 Å². The van der Waals surface area contributed by atoms with E-state index >= 15 is 0 Å². The molecule has 1 aromatic rings. The zero-order valence-electron chi connectivity index (χ0n) is 12.2. The number of hydrogen-bond donors (Lipinski definition) is 2. The third kappa shape index (κ3) is 5.71. The van der Waals surface area contributed by atoms with Crippen molar-refractivity contribution in [2.75, 3.05) is 17.6 Å². The third-order valence-corrected chi connectivity index (χ3v) is 5.23. The van der Waals surface area contributed by atoms with Gasteiger partial charge >= 0.3 is 0 Å². The van der Waals surface area contributed by atoms with E-state index in [0.29, 0.717) is 0 Å². The summed E-state index contributed by atoms with van der Waals surface area (Å²) in [5.74, 6) is 1.14. The molecule has 0 aliphatic heterocycles. The molecule has 0 unspecified atom stereocenters. The van der Waals surface area contributed by atoms with Gasteiger partial charge in [0.25, 0.3) is 0 Å². The van der Waals surface area contributed by atoms with Gasteiger partial charge in [0.05, 0.1) is 0 Å². The van der Waals surface area contributed by atoms with Gasteiger partial charge in [-0.1, -0.05) is 37.0 Å². The maximum absolute atomic E-state index is 5.31. The number of hydrogen-bond acceptors (Lipinski definition) is 2. The van der Waals surface area contributed by atoms with E-state index in [1.165, 1.54) is 37.7 Å². The Bertz CT molecular complexity index is 411. The second-order valence-corrected chi connectivity index (χ2v) is 7.19. The highest BCUT2D eigenvalue weighted by Crippen LogP contribution is 2.27. The van der Waals surface area contributed by atoms with Crippen LogP contribution in [0.4, 0.5) is 5.69 Å². The van der Waals surface area contributed by atoms with Gasteiger partial charge in [-0.2, -0.15) is 11.8 Å². The summed E-state index contributed by atoms with van der Waals surface area (Å²) in [7, 11) is 0. The number of rotatable bonds is 5. The predicted molar refractivity (Wildman–Crippen MR) is 94.7 cm³/mol. The van der Waals surface area contributed by atoms with Gasteiger partial charge in [0, 0.05) is 23.2 Å². The Labute approximate surface area is 132 Å². The van der Waals surface area contributed by atoms with Crippen molar-refractivity contribution in [3.63, 3.8) is 0 Å². The van der Waals surface area contributed by atoms with Crippen LogP contribution in [0.15, 0.2) is 24.3 Å². The first kappa shape index (κ1) is 15.6. The highest BCUT2D eigenvalue weighted by Gasteiger charge is 2.12. The fourth-order valence-corrected chi connectivity index (χ4v) is 3.87. The fourth-order valence-electron chi connectivity index (χ4n) is 2.43. The van der Waals surface area contributed by atoms with Crippen LogP contribution in [0.3, 0.4) is 0 Å². The molecule has 0 spiro atoms.